The van der Waals surface area contributed by atoms with Crippen LogP contribution >= 0.6 is 0 Å². The van der Waals surface area contributed by atoms with Gasteiger partial charge in [-0.1, -0.05) is 12.1 Å². The first-order valence-electron chi connectivity index (χ1n) is 8.06. The molecule has 1 aromatic heterocycles. The molecule has 6 heteroatoms. The van der Waals surface area contributed by atoms with E-state index in [0.717, 1.165) is 23.5 Å². The highest BCUT2D eigenvalue weighted by atomic mass is 16.2. The van der Waals surface area contributed by atoms with E-state index in [2.05, 4.69) is 10.6 Å². The summed E-state index contributed by atoms with van der Waals surface area (Å²) in [6.07, 6.45) is 0. The number of hydrogen-bond acceptors (Lipinski definition) is 3. The monoisotopic (exact) mass is 326 g/mol. The van der Waals surface area contributed by atoms with Crippen molar-refractivity contribution in [2.45, 2.75) is 13.5 Å². The van der Waals surface area contributed by atoms with Gasteiger partial charge < -0.3 is 20.1 Å². The molecule has 0 atom stereocenters. The summed E-state index contributed by atoms with van der Waals surface area (Å²) in [6.45, 7) is 4.32. The van der Waals surface area contributed by atoms with E-state index in [1.54, 1.807) is 0 Å². The SMILES string of the molecule is Cc1ccc(C(=O)NCc2ccc(N3CCNC(=O)C3)cc2)n1C. The fourth-order valence-electron chi connectivity index (χ4n) is 2.80. The number of benzene rings is 1. The number of piperazine rings is 1. The predicted molar refractivity (Wildman–Crippen MR) is 93.0 cm³/mol. The lowest BCUT2D eigenvalue weighted by atomic mass is 10.1. The van der Waals surface area contributed by atoms with Crippen molar-refractivity contribution in [1.82, 2.24) is 15.2 Å². The third-order valence-electron chi connectivity index (χ3n) is 4.40. The molecule has 0 spiro atoms. The number of nitrogens with one attached hydrogen (secondary N) is 2. The van der Waals surface area contributed by atoms with Crippen LogP contribution in [-0.4, -0.2) is 36.0 Å². The summed E-state index contributed by atoms with van der Waals surface area (Å²) in [5.74, 6) is -0.0298. The van der Waals surface area contributed by atoms with E-state index < -0.39 is 0 Å². The summed E-state index contributed by atoms with van der Waals surface area (Å²) in [5.41, 5.74) is 3.76. The molecule has 1 saturated heterocycles. The number of aromatic nitrogens is 1. The van der Waals surface area contributed by atoms with E-state index in [-0.39, 0.29) is 11.8 Å². The van der Waals surface area contributed by atoms with Gasteiger partial charge in [-0.15, -0.1) is 0 Å². The molecule has 3 rings (SSSR count). The lowest BCUT2D eigenvalue weighted by Crippen LogP contribution is -2.47. The van der Waals surface area contributed by atoms with Crippen LogP contribution in [0.25, 0.3) is 0 Å². The molecule has 1 aromatic carbocycles. The predicted octanol–water partition coefficient (Wildman–Crippen LogP) is 1.20. The van der Waals surface area contributed by atoms with Gasteiger partial charge in [0.25, 0.3) is 5.91 Å². The highest BCUT2D eigenvalue weighted by Gasteiger charge is 2.16. The van der Waals surface area contributed by atoms with Gasteiger partial charge in [-0.25, -0.2) is 0 Å². The van der Waals surface area contributed by atoms with Crippen molar-refractivity contribution in [3.05, 3.63) is 53.3 Å². The molecule has 1 aliphatic rings. The molecule has 0 bridgehead atoms. The Bertz CT molecular complexity index is 749. The van der Waals surface area contributed by atoms with E-state index in [0.29, 0.717) is 25.3 Å². The van der Waals surface area contributed by atoms with Crippen LogP contribution in [0.15, 0.2) is 36.4 Å². The lowest BCUT2D eigenvalue weighted by molar-refractivity contribution is -0.120. The van der Waals surface area contributed by atoms with E-state index in [9.17, 15) is 9.59 Å². The number of nitrogens with zero attached hydrogens (tertiary/aromatic N) is 2. The van der Waals surface area contributed by atoms with Crippen LogP contribution in [0, 0.1) is 6.92 Å². The van der Waals surface area contributed by atoms with Gasteiger partial charge in [0.2, 0.25) is 5.91 Å². The fraction of sp³-hybridized carbons (Fsp3) is 0.333. The molecule has 1 fully saturated rings. The second-order valence-electron chi connectivity index (χ2n) is 6.04. The van der Waals surface area contributed by atoms with Crippen molar-refractivity contribution in [3.8, 4) is 0 Å². The molecular formula is C18H22N4O2. The number of aryl methyl sites for hydroxylation is 1. The second kappa shape index (κ2) is 6.78. The summed E-state index contributed by atoms with van der Waals surface area (Å²) in [6, 6.07) is 11.7. The Morgan fingerprint density at radius 1 is 1.21 bits per heavy atom. The van der Waals surface area contributed by atoms with Gasteiger partial charge in [0.05, 0.1) is 6.54 Å². The Morgan fingerprint density at radius 2 is 1.96 bits per heavy atom. The van der Waals surface area contributed by atoms with Crippen molar-refractivity contribution in [3.63, 3.8) is 0 Å². The summed E-state index contributed by atoms with van der Waals surface area (Å²) in [5, 5.41) is 5.76. The highest BCUT2D eigenvalue weighted by Crippen LogP contribution is 2.16. The van der Waals surface area contributed by atoms with E-state index in [4.69, 9.17) is 0 Å². The summed E-state index contributed by atoms with van der Waals surface area (Å²) >= 11 is 0. The number of hydrogen-bond donors (Lipinski definition) is 2. The third kappa shape index (κ3) is 3.42. The summed E-state index contributed by atoms with van der Waals surface area (Å²) in [4.78, 5) is 25.7. The number of carbonyl (C=O) groups is 2. The zero-order valence-corrected chi connectivity index (χ0v) is 14.0. The van der Waals surface area contributed by atoms with Gasteiger partial charge in [0, 0.05) is 38.1 Å². The number of anilines is 1. The van der Waals surface area contributed by atoms with E-state index in [1.807, 2.05) is 59.8 Å². The second-order valence-corrected chi connectivity index (χ2v) is 6.04. The molecule has 2 aromatic rings. The zero-order valence-electron chi connectivity index (χ0n) is 14.0. The number of rotatable bonds is 4. The van der Waals surface area contributed by atoms with Crippen LogP contribution < -0.4 is 15.5 Å². The van der Waals surface area contributed by atoms with Crippen LogP contribution in [0.2, 0.25) is 0 Å². The van der Waals surface area contributed by atoms with Gasteiger partial charge in [-0.3, -0.25) is 9.59 Å². The molecule has 1 aliphatic heterocycles. The smallest absolute Gasteiger partial charge is 0.268 e. The minimum atomic E-state index is -0.0811. The molecule has 0 aliphatic carbocycles. The van der Waals surface area contributed by atoms with Crippen LogP contribution in [0.5, 0.6) is 0 Å². The zero-order chi connectivity index (χ0) is 17.1. The largest absolute Gasteiger partial charge is 0.360 e. The van der Waals surface area contributed by atoms with Crippen LogP contribution in [0.1, 0.15) is 21.7 Å². The Morgan fingerprint density at radius 3 is 2.58 bits per heavy atom. The van der Waals surface area contributed by atoms with Crippen LogP contribution in [0.3, 0.4) is 0 Å². The molecule has 0 saturated carbocycles. The third-order valence-corrected chi connectivity index (χ3v) is 4.40. The Kier molecular flexibility index (Phi) is 4.55. The molecule has 2 N–H and O–H groups in total. The number of amides is 2. The van der Waals surface area contributed by atoms with Crippen molar-refractivity contribution in [2.75, 3.05) is 24.5 Å². The molecule has 2 heterocycles. The van der Waals surface area contributed by atoms with Crippen molar-refractivity contribution in [1.29, 1.82) is 0 Å². The lowest BCUT2D eigenvalue weighted by Gasteiger charge is -2.28. The standard InChI is InChI=1S/C18H22N4O2/c1-13-3-8-16(21(13)2)18(24)20-11-14-4-6-15(7-5-14)22-10-9-19-17(23)12-22/h3-8H,9-12H2,1-2H3,(H,19,23)(H,20,24). The number of carbonyl (C=O) groups excluding carboxylic acids is 2. The Balaban J connectivity index is 1.59. The molecule has 24 heavy (non-hydrogen) atoms. The molecule has 0 unspecified atom stereocenters. The fourth-order valence-corrected chi connectivity index (χ4v) is 2.80. The van der Waals surface area contributed by atoms with Gasteiger partial charge in [-0.05, 0) is 36.8 Å². The first kappa shape index (κ1) is 16.1. The minimum absolute atomic E-state index is 0.0513. The van der Waals surface area contributed by atoms with Crippen molar-refractivity contribution in [2.24, 2.45) is 7.05 Å². The highest BCUT2D eigenvalue weighted by molar-refractivity contribution is 5.92. The van der Waals surface area contributed by atoms with Gasteiger partial charge in [0.15, 0.2) is 0 Å². The normalized spacial score (nSPS) is 14.4. The Labute approximate surface area is 141 Å². The molecule has 126 valence electrons. The van der Waals surface area contributed by atoms with Crippen molar-refractivity contribution >= 4 is 17.5 Å². The molecule has 2 amide bonds. The summed E-state index contributed by atoms with van der Waals surface area (Å²) in [7, 11) is 1.88. The van der Waals surface area contributed by atoms with E-state index in [1.165, 1.54) is 0 Å². The maximum absolute atomic E-state index is 12.2. The quantitative estimate of drug-likeness (QED) is 0.887. The molecular weight excluding hydrogens is 304 g/mol. The summed E-state index contributed by atoms with van der Waals surface area (Å²) < 4.78 is 1.87. The van der Waals surface area contributed by atoms with Crippen LogP contribution in [0.4, 0.5) is 5.69 Å². The Hall–Kier alpha value is -2.76. The first-order chi connectivity index (χ1) is 11.5. The minimum Gasteiger partial charge on any atom is -0.360 e. The van der Waals surface area contributed by atoms with E-state index >= 15 is 0 Å². The average Bonchev–Trinajstić information content (AvgIpc) is 2.92. The maximum Gasteiger partial charge on any atom is 0.268 e. The van der Waals surface area contributed by atoms with Crippen molar-refractivity contribution < 1.29 is 9.59 Å². The maximum atomic E-state index is 12.2. The molecule has 0 radical (unpaired) electrons. The van der Waals surface area contributed by atoms with Gasteiger partial charge in [-0.2, -0.15) is 0 Å². The van der Waals surface area contributed by atoms with Gasteiger partial charge >= 0.3 is 0 Å². The average molecular weight is 326 g/mol. The van der Waals surface area contributed by atoms with Gasteiger partial charge in [0.1, 0.15) is 5.69 Å². The first-order valence-corrected chi connectivity index (χ1v) is 8.06. The molecule has 6 nitrogen and oxygen atoms in total. The topological polar surface area (TPSA) is 66.4 Å². The van der Waals surface area contributed by atoms with Crippen LogP contribution in [-0.2, 0) is 18.4 Å².